The first-order valence-electron chi connectivity index (χ1n) is 6.64. The molecule has 6 heteroatoms. The average molecular weight is 300 g/mol. The molecule has 0 spiro atoms. The number of nitrogens with one attached hydrogen (secondary N) is 1. The van der Waals surface area contributed by atoms with Gasteiger partial charge < -0.3 is 21.3 Å². The summed E-state index contributed by atoms with van der Waals surface area (Å²) in [6, 6.07) is 12.7. The molecule has 0 saturated heterocycles. The molecule has 2 aromatic carbocycles. The zero-order valence-electron chi connectivity index (χ0n) is 11.7. The maximum absolute atomic E-state index is 11.1. The highest BCUT2D eigenvalue weighted by molar-refractivity contribution is 5.95. The maximum Gasteiger partial charge on any atom is 0.337 e. The van der Waals surface area contributed by atoms with E-state index in [2.05, 4.69) is 5.32 Å². The van der Waals surface area contributed by atoms with Crippen molar-refractivity contribution in [1.29, 1.82) is 0 Å². The van der Waals surface area contributed by atoms with Crippen LogP contribution in [0.2, 0.25) is 0 Å². The molecular formula is C16H16N2O4. The number of anilines is 2. The molecule has 0 aliphatic rings. The first kappa shape index (κ1) is 15.5. The molecule has 5 N–H and O–H groups in total. The van der Waals surface area contributed by atoms with Gasteiger partial charge in [-0.15, -0.1) is 0 Å². The van der Waals surface area contributed by atoms with Crippen molar-refractivity contribution in [1.82, 2.24) is 0 Å². The predicted octanol–water partition coefficient (Wildman–Crippen LogP) is 2.08. The maximum atomic E-state index is 11.1. The van der Waals surface area contributed by atoms with E-state index in [1.54, 1.807) is 42.5 Å². The van der Waals surface area contributed by atoms with E-state index in [1.165, 1.54) is 6.07 Å². The van der Waals surface area contributed by atoms with E-state index in [4.69, 9.17) is 15.9 Å². The summed E-state index contributed by atoms with van der Waals surface area (Å²) in [6.07, 6.45) is 0.237. The smallest absolute Gasteiger partial charge is 0.337 e. The number of carboxylic acids is 2. The quantitative estimate of drug-likeness (QED) is 0.649. The average Bonchev–Trinajstić information content (AvgIpc) is 2.49. The standard InChI is InChI=1S/C16H16N2O4/c17-13(16(21)22)9-10-5-7-11(8-6-10)18-14-4-2-1-3-12(14)15(19)20/h1-8,13,18H,9,17H2,(H,19,20)(H,21,22)/t13-/m0/s1. The Kier molecular flexibility index (Phi) is 4.75. The van der Waals surface area contributed by atoms with E-state index in [9.17, 15) is 9.59 Å². The summed E-state index contributed by atoms with van der Waals surface area (Å²) < 4.78 is 0. The van der Waals surface area contributed by atoms with Crippen LogP contribution in [0.5, 0.6) is 0 Å². The molecule has 6 nitrogen and oxygen atoms in total. The molecule has 2 rings (SSSR count). The summed E-state index contributed by atoms with van der Waals surface area (Å²) in [5.41, 5.74) is 7.66. The van der Waals surface area contributed by atoms with Crippen molar-refractivity contribution < 1.29 is 19.8 Å². The van der Waals surface area contributed by atoms with Crippen LogP contribution in [-0.4, -0.2) is 28.2 Å². The summed E-state index contributed by atoms with van der Waals surface area (Å²) in [5.74, 6) is -2.05. The zero-order chi connectivity index (χ0) is 16.1. The van der Waals surface area contributed by atoms with Crippen LogP contribution in [0.3, 0.4) is 0 Å². The predicted molar refractivity (Wildman–Crippen MR) is 82.4 cm³/mol. The van der Waals surface area contributed by atoms with Crippen molar-refractivity contribution in [2.45, 2.75) is 12.5 Å². The Morgan fingerprint density at radius 1 is 1.05 bits per heavy atom. The lowest BCUT2D eigenvalue weighted by molar-refractivity contribution is -0.138. The lowest BCUT2D eigenvalue weighted by atomic mass is 10.1. The van der Waals surface area contributed by atoms with Gasteiger partial charge in [0.15, 0.2) is 0 Å². The number of carboxylic acid groups (broad SMARTS) is 2. The fraction of sp³-hybridized carbons (Fsp3) is 0.125. The topological polar surface area (TPSA) is 113 Å². The molecular weight excluding hydrogens is 284 g/mol. The highest BCUT2D eigenvalue weighted by Gasteiger charge is 2.12. The van der Waals surface area contributed by atoms with Crippen LogP contribution < -0.4 is 11.1 Å². The fourth-order valence-corrected chi connectivity index (χ4v) is 2.00. The first-order valence-corrected chi connectivity index (χ1v) is 6.64. The van der Waals surface area contributed by atoms with E-state index in [0.29, 0.717) is 11.4 Å². The van der Waals surface area contributed by atoms with Crippen molar-refractivity contribution in [3.05, 3.63) is 59.7 Å². The number of hydrogen-bond acceptors (Lipinski definition) is 4. The van der Waals surface area contributed by atoms with Gasteiger partial charge in [0.25, 0.3) is 0 Å². The summed E-state index contributed by atoms with van der Waals surface area (Å²) in [4.78, 5) is 21.9. The molecule has 0 radical (unpaired) electrons. The Morgan fingerprint density at radius 3 is 2.27 bits per heavy atom. The molecule has 22 heavy (non-hydrogen) atoms. The van der Waals surface area contributed by atoms with E-state index in [0.717, 1.165) is 5.56 Å². The molecule has 0 amide bonds. The Labute approximate surface area is 127 Å². The van der Waals surface area contributed by atoms with Gasteiger partial charge in [0.05, 0.1) is 11.3 Å². The Morgan fingerprint density at radius 2 is 1.68 bits per heavy atom. The number of rotatable bonds is 6. The third kappa shape index (κ3) is 3.83. The summed E-state index contributed by atoms with van der Waals surface area (Å²) in [7, 11) is 0. The van der Waals surface area contributed by atoms with Gasteiger partial charge in [-0.25, -0.2) is 4.79 Å². The van der Waals surface area contributed by atoms with E-state index in [-0.39, 0.29) is 12.0 Å². The van der Waals surface area contributed by atoms with Crippen LogP contribution in [0, 0.1) is 0 Å². The van der Waals surface area contributed by atoms with Crippen LogP contribution in [0.4, 0.5) is 11.4 Å². The number of carbonyl (C=O) groups is 2. The molecule has 0 aliphatic heterocycles. The Hall–Kier alpha value is -2.86. The van der Waals surface area contributed by atoms with Gasteiger partial charge in [-0.3, -0.25) is 4.79 Å². The molecule has 0 fully saturated rings. The van der Waals surface area contributed by atoms with Gasteiger partial charge in [0.2, 0.25) is 0 Å². The number of aromatic carboxylic acids is 1. The molecule has 0 bridgehead atoms. The minimum atomic E-state index is -1.04. The number of para-hydroxylation sites is 1. The van der Waals surface area contributed by atoms with Gasteiger partial charge in [-0.05, 0) is 36.2 Å². The molecule has 0 aliphatic carbocycles. The number of benzene rings is 2. The lowest BCUT2D eigenvalue weighted by Crippen LogP contribution is -2.32. The molecule has 0 aromatic heterocycles. The SMILES string of the molecule is N[C@@H](Cc1ccc(Nc2ccccc2C(=O)O)cc1)C(=O)O. The molecule has 0 saturated carbocycles. The van der Waals surface area contributed by atoms with Gasteiger partial charge in [-0.1, -0.05) is 24.3 Å². The highest BCUT2D eigenvalue weighted by atomic mass is 16.4. The normalized spacial score (nSPS) is 11.7. The van der Waals surface area contributed by atoms with E-state index >= 15 is 0 Å². The van der Waals surface area contributed by atoms with Crippen LogP contribution in [0.25, 0.3) is 0 Å². The summed E-state index contributed by atoms with van der Waals surface area (Å²) in [6.45, 7) is 0. The van der Waals surface area contributed by atoms with Crippen molar-refractivity contribution in [2.24, 2.45) is 5.73 Å². The number of hydrogen-bond donors (Lipinski definition) is 4. The summed E-state index contributed by atoms with van der Waals surface area (Å²) in [5, 5.41) is 20.9. The first-order chi connectivity index (χ1) is 10.5. The van der Waals surface area contributed by atoms with Crippen LogP contribution >= 0.6 is 0 Å². The lowest BCUT2D eigenvalue weighted by Gasteiger charge is -2.11. The molecule has 0 heterocycles. The third-order valence-electron chi connectivity index (χ3n) is 3.16. The third-order valence-corrected chi connectivity index (χ3v) is 3.16. The molecule has 1 atom stereocenters. The second-order valence-electron chi connectivity index (χ2n) is 4.82. The largest absolute Gasteiger partial charge is 0.480 e. The van der Waals surface area contributed by atoms with Crippen molar-refractivity contribution >= 4 is 23.3 Å². The Bertz CT molecular complexity index is 683. The Balaban J connectivity index is 2.12. The molecule has 0 unspecified atom stereocenters. The van der Waals surface area contributed by atoms with Crippen molar-refractivity contribution in [3.63, 3.8) is 0 Å². The van der Waals surface area contributed by atoms with Crippen LogP contribution in [-0.2, 0) is 11.2 Å². The second kappa shape index (κ2) is 6.73. The second-order valence-corrected chi connectivity index (χ2v) is 4.82. The van der Waals surface area contributed by atoms with E-state index < -0.39 is 18.0 Å². The van der Waals surface area contributed by atoms with E-state index in [1.807, 2.05) is 0 Å². The highest BCUT2D eigenvalue weighted by Crippen LogP contribution is 2.21. The van der Waals surface area contributed by atoms with Crippen molar-refractivity contribution in [2.75, 3.05) is 5.32 Å². The van der Waals surface area contributed by atoms with Crippen LogP contribution in [0.15, 0.2) is 48.5 Å². The van der Waals surface area contributed by atoms with Crippen LogP contribution in [0.1, 0.15) is 15.9 Å². The molecule has 114 valence electrons. The minimum Gasteiger partial charge on any atom is -0.480 e. The van der Waals surface area contributed by atoms with Gasteiger partial charge in [0.1, 0.15) is 6.04 Å². The zero-order valence-corrected chi connectivity index (χ0v) is 11.7. The minimum absolute atomic E-state index is 0.180. The number of aliphatic carboxylic acids is 1. The van der Waals surface area contributed by atoms with Gasteiger partial charge >= 0.3 is 11.9 Å². The van der Waals surface area contributed by atoms with Gasteiger partial charge in [0, 0.05) is 5.69 Å². The molecule has 2 aromatic rings. The monoisotopic (exact) mass is 300 g/mol. The number of nitrogens with two attached hydrogens (primary N) is 1. The fourth-order valence-electron chi connectivity index (χ4n) is 2.00. The van der Waals surface area contributed by atoms with Crippen molar-refractivity contribution in [3.8, 4) is 0 Å². The summed E-state index contributed by atoms with van der Waals surface area (Å²) >= 11 is 0. The van der Waals surface area contributed by atoms with Gasteiger partial charge in [-0.2, -0.15) is 0 Å².